The van der Waals surface area contributed by atoms with E-state index in [9.17, 15) is 4.79 Å². The lowest BCUT2D eigenvalue weighted by molar-refractivity contribution is -0.118. The molecule has 160 valence electrons. The van der Waals surface area contributed by atoms with Crippen molar-refractivity contribution in [3.63, 3.8) is 0 Å². The summed E-state index contributed by atoms with van der Waals surface area (Å²) in [4.78, 5) is 19.9. The Balaban J connectivity index is 1.73. The number of thiophene rings is 1. The molecule has 0 spiro atoms. The highest BCUT2D eigenvalue weighted by Gasteiger charge is 2.41. The Bertz CT molecular complexity index is 1120. The van der Waals surface area contributed by atoms with E-state index in [1.807, 2.05) is 69.3 Å². The summed E-state index contributed by atoms with van der Waals surface area (Å²) in [5.74, 6) is -0.0861. The van der Waals surface area contributed by atoms with E-state index in [0.29, 0.717) is 5.11 Å². The van der Waals surface area contributed by atoms with E-state index in [0.717, 1.165) is 31.8 Å². The van der Waals surface area contributed by atoms with Crippen molar-refractivity contribution in [3.8, 4) is 0 Å². The summed E-state index contributed by atoms with van der Waals surface area (Å²) in [5.41, 5.74) is 3.64. The lowest BCUT2D eigenvalue weighted by Gasteiger charge is -2.27. The first-order valence-electron chi connectivity index (χ1n) is 10.0. The molecule has 0 saturated carbocycles. The Morgan fingerprint density at radius 2 is 2.06 bits per heavy atom. The van der Waals surface area contributed by atoms with Crippen LogP contribution < -0.4 is 15.5 Å². The Kier molecular flexibility index (Phi) is 6.27. The van der Waals surface area contributed by atoms with Gasteiger partial charge in [-0.3, -0.25) is 9.78 Å². The number of halogens is 1. The van der Waals surface area contributed by atoms with Crippen LogP contribution in [0.5, 0.6) is 0 Å². The van der Waals surface area contributed by atoms with Gasteiger partial charge in [-0.1, -0.05) is 31.5 Å². The van der Waals surface area contributed by atoms with Gasteiger partial charge in [0.15, 0.2) is 5.11 Å². The van der Waals surface area contributed by atoms with Crippen molar-refractivity contribution in [2.24, 2.45) is 5.92 Å². The molecule has 31 heavy (non-hydrogen) atoms. The number of hydrogen-bond acceptors (Lipinski definition) is 4. The van der Waals surface area contributed by atoms with Gasteiger partial charge in [0, 0.05) is 28.4 Å². The average molecular weight is 471 g/mol. The van der Waals surface area contributed by atoms with Gasteiger partial charge >= 0.3 is 0 Å². The first kappa shape index (κ1) is 21.7. The van der Waals surface area contributed by atoms with Gasteiger partial charge in [-0.15, -0.1) is 11.3 Å². The number of amides is 1. The van der Waals surface area contributed by atoms with Crippen LogP contribution in [0.2, 0.25) is 4.34 Å². The molecular weight excluding hydrogens is 448 g/mol. The fourth-order valence-electron chi connectivity index (χ4n) is 3.62. The van der Waals surface area contributed by atoms with Crippen molar-refractivity contribution in [2.45, 2.75) is 32.9 Å². The zero-order chi connectivity index (χ0) is 22.1. The van der Waals surface area contributed by atoms with E-state index in [2.05, 4.69) is 20.5 Å². The van der Waals surface area contributed by atoms with E-state index in [1.54, 1.807) is 17.5 Å². The Labute approximate surface area is 196 Å². The number of carbonyl (C=O) groups is 1. The van der Waals surface area contributed by atoms with Gasteiger partial charge in [0.2, 0.25) is 5.91 Å². The number of benzene rings is 1. The molecule has 1 saturated heterocycles. The molecule has 8 heteroatoms. The number of anilines is 2. The highest BCUT2D eigenvalue weighted by molar-refractivity contribution is 7.80. The number of aryl methyl sites for hydroxylation is 1. The first-order valence-corrected chi connectivity index (χ1v) is 11.6. The molecule has 3 heterocycles. The largest absolute Gasteiger partial charge is 0.351 e. The summed E-state index contributed by atoms with van der Waals surface area (Å²) in [6.07, 6.45) is 1.79. The standard InChI is InChI=1S/C23H23ClN4OS2/c1-13(2)22(29)26-16-8-7-15(12-14(16)3)28-21(18-9-10-19(24)31-18)20(27-23(28)30)17-6-4-5-11-25-17/h4-13,20-21H,1-3H3,(H,26,29)(H,27,30)/t20-,21-/m0/s1. The van der Waals surface area contributed by atoms with Crippen LogP contribution in [-0.4, -0.2) is 16.0 Å². The summed E-state index contributed by atoms with van der Waals surface area (Å²) in [5, 5.41) is 7.06. The maximum atomic E-state index is 12.1. The molecule has 2 aromatic heterocycles. The van der Waals surface area contributed by atoms with Gasteiger partial charge in [0.1, 0.15) is 0 Å². The van der Waals surface area contributed by atoms with Crippen molar-refractivity contribution in [3.05, 3.63) is 75.2 Å². The summed E-state index contributed by atoms with van der Waals surface area (Å²) in [7, 11) is 0. The fourth-order valence-corrected chi connectivity index (χ4v) is 5.16. The molecular formula is C23H23ClN4OS2. The predicted molar refractivity (Wildman–Crippen MR) is 132 cm³/mol. The Hall–Kier alpha value is -2.48. The minimum atomic E-state index is -0.107. The molecule has 5 nitrogen and oxygen atoms in total. The van der Waals surface area contributed by atoms with Crippen LogP contribution in [0.4, 0.5) is 11.4 Å². The second-order valence-corrected chi connectivity index (χ2v) is 9.92. The molecule has 0 aliphatic carbocycles. The Morgan fingerprint density at radius 3 is 2.68 bits per heavy atom. The average Bonchev–Trinajstić information content (AvgIpc) is 3.32. The lowest BCUT2D eigenvalue weighted by Crippen LogP contribution is -2.29. The molecule has 1 aliphatic heterocycles. The third-order valence-corrected chi connectivity index (χ3v) is 6.87. The SMILES string of the molecule is Cc1cc(N2C(=S)N[C@@H](c3ccccn3)[C@@H]2c2ccc(Cl)s2)ccc1NC(=O)C(C)C. The van der Waals surface area contributed by atoms with E-state index >= 15 is 0 Å². The Morgan fingerprint density at radius 1 is 1.26 bits per heavy atom. The van der Waals surface area contributed by atoms with E-state index in [-0.39, 0.29) is 23.9 Å². The zero-order valence-corrected chi connectivity index (χ0v) is 19.8. The maximum Gasteiger partial charge on any atom is 0.226 e. The lowest BCUT2D eigenvalue weighted by atomic mass is 10.0. The van der Waals surface area contributed by atoms with Gasteiger partial charge in [-0.2, -0.15) is 0 Å². The van der Waals surface area contributed by atoms with Gasteiger partial charge in [-0.05, 0) is 67.2 Å². The van der Waals surface area contributed by atoms with Gasteiger partial charge in [-0.25, -0.2) is 0 Å². The van der Waals surface area contributed by atoms with Crippen LogP contribution in [0.15, 0.2) is 54.7 Å². The first-order chi connectivity index (χ1) is 14.8. The second kappa shape index (κ2) is 8.94. The van der Waals surface area contributed by atoms with Crippen LogP contribution in [0, 0.1) is 12.8 Å². The van der Waals surface area contributed by atoms with E-state index in [4.69, 9.17) is 23.8 Å². The topological polar surface area (TPSA) is 57.3 Å². The molecule has 1 aliphatic rings. The third kappa shape index (κ3) is 4.44. The fraction of sp³-hybridized carbons (Fsp3) is 0.261. The number of hydrogen-bond donors (Lipinski definition) is 2. The van der Waals surface area contributed by atoms with Crippen molar-refractivity contribution in [1.29, 1.82) is 0 Å². The summed E-state index contributed by atoms with van der Waals surface area (Å²) < 4.78 is 0.732. The highest BCUT2D eigenvalue weighted by Crippen LogP contribution is 2.44. The van der Waals surface area contributed by atoms with Gasteiger partial charge in [0.05, 0.1) is 22.1 Å². The quantitative estimate of drug-likeness (QED) is 0.456. The number of rotatable bonds is 5. The number of aromatic nitrogens is 1. The minimum Gasteiger partial charge on any atom is -0.351 e. The molecule has 2 atom stereocenters. The summed E-state index contributed by atoms with van der Waals surface area (Å²) >= 11 is 13.6. The number of thiocarbonyl (C=S) groups is 1. The molecule has 3 aromatic rings. The van der Waals surface area contributed by atoms with Crippen LogP contribution in [-0.2, 0) is 4.79 Å². The molecule has 1 fully saturated rings. The number of pyridine rings is 1. The predicted octanol–water partition coefficient (Wildman–Crippen LogP) is 5.88. The maximum absolute atomic E-state index is 12.1. The minimum absolute atomic E-state index is 0.00414. The second-order valence-electron chi connectivity index (χ2n) is 7.78. The van der Waals surface area contributed by atoms with Gasteiger partial charge < -0.3 is 15.5 Å². The number of nitrogens with zero attached hydrogens (tertiary/aromatic N) is 2. The number of carbonyl (C=O) groups excluding carboxylic acids is 1. The van der Waals surface area contributed by atoms with Crippen LogP contribution >= 0.6 is 35.2 Å². The third-order valence-electron chi connectivity index (χ3n) is 5.25. The van der Waals surface area contributed by atoms with E-state index < -0.39 is 0 Å². The molecule has 1 amide bonds. The zero-order valence-electron chi connectivity index (χ0n) is 17.4. The van der Waals surface area contributed by atoms with Crippen molar-refractivity contribution in [2.75, 3.05) is 10.2 Å². The normalized spacial score (nSPS) is 18.4. The van der Waals surface area contributed by atoms with Crippen molar-refractivity contribution >= 4 is 57.5 Å². The molecule has 1 aromatic carbocycles. The van der Waals surface area contributed by atoms with Crippen molar-refractivity contribution < 1.29 is 4.79 Å². The van der Waals surface area contributed by atoms with Crippen LogP contribution in [0.3, 0.4) is 0 Å². The molecule has 0 unspecified atom stereocenters. The van der Waals surface area contributed by atoms with E-state index in [1.165, 1.54) is 0 Å². The highest BCUT2D eigenvalue weighted by atomic mass is 35.5. The summed E-state index contributed by atoms with van der Waals surface area (Å²) in [6, 6.07) is 15.6. The monoisotopic (exact) mass is 470 g/mol. The smallest absolute Gasteiger partial charge is 0.226 e. The molecule has 0 radical (unpaired) electrons. The molecule has 4 rings (SSSR count). The molecule has 0 bridgehead atoms. The van der Waals surface area contributed by atoms with Crippen molar-refractivity contribution in [1.82, 2.24) is 10.3 Å². The van der Waals surface area contributed by atoms with Crippen LogP contribution in [0.1, 0.15) is 42.1 Å². The molecule has 2 N–H and O–H groups in total. The summed E-state index contributed by atoms with van der Waals surface area (Å²) in [6.45, 7) is 5.74. The van der Waals surface area contributed by atoms with Crippen LogP contribution in [0.25, 0.3) is 0 Å². The number of nitrogens with one attached hydrogen (secondary N) is 2. The van der Waals surface area contributed by atoms with Gasteiger partial charge in [0.25, 0.3) is 0 Å².